The van der Waals surface area contributed by atoms with Gasteiger partial charge in [0.25, 0.3) is 5.91 Å². The van der Waals surface area contributed by atoms with Gasteiger partial charge < -0.3 is 21.1 Å². The number of halogens is 2. The van der Waals surface area contributed by atoms with Crippen molar-refractivity contribution in [3.05, 3.63) is 42.2 Å². The predicted octanol–water partition coefficient (Wildman–Crippen LogP) is 5.46. The first kappa shape index (κ1) is 27.7. The number of amides is 1. The molecule has 5 fully saturated rings. The minimum absolute atomic E-state index is 0.00535. The summed E-state index contributed by atoms with van der Waals surface area (Å²) in [6, 6.07) is 8.55. The fraction of sp³-hybridized carbons (Fsp3) is 0.594. The lowest BCUT2D eigenvalue weighted by molar-refractivity contribution is -0.0702. The van der Waals surface area contributed by atoms with Gasteiger partial charge in [0.1, 0.15) is 5.82 Å². The number of nitrogens with zero attached hydrogens (tertiary/aromatic N) is 4. The van der Waals surface area contributed by atoms with Crippen LogP contribution >= 0.6 is 0 Å². The molecule has 224 valence electrons. The number of likely N-dealkylation sites (tertiary alicyclic amines) is 1. The number of rotatable bonds is 5. The van der Waals surface area contributed by atoms with Crippen molar-refractivity contribution in [2.75, 3.05) is 18.8 Å². The van der Waals surface area contributed by atoms with Crippen LogP contribution in [0, 0.1) is 0 Å². The van der Waals surface area contributed by atoms with Crippen molar-refractivity contribution in [3.63, 3.8) is 0 Å². The van der Waals surface area contributed by atoms with Crippen LogP contribution in [0.15, 0.2) is 36.7 Å². The molecule has 2 bridgehead atoms. The van der Waals surface area contributed by atoms with Crippen molar-refractivity contribution in [2.45, 2.75) is 106 Å². The monoisotopic (exact) mass is 578 g/mol. The van der Waals surface area contributed by atoms with Gasteiger partial charge in [0.2, 0.25) is 5.92 Å². The first-order valence-electron chi connectivity index (χ1n) is 15.5. The van der Waals surface area contributed by atoms with Crippen LogP contribution in [-0.2, 0) is 0 Å². The Morgan fingerprint density at radius 1 is 0.905 bits per heavy atom. The molecule has 3 aromatic rings. The molecule has 1 aromatic carbocycles. The molecule has 5 aliphatic rings. The summed E-state index contributed by atoms with van der Waals surface area (Å²) in [6.45, 7) is 1.81. The number of aliphatic hydroxyl groups is 1. The Kier molecular flexibility index (Phi) is 6.77. The van der Waals surface area contributed by atoms with Crippen molar-refractivity contribution in [1.29, 1.82) is 0 Å². The molecule has 4 aliphatic carbocycles. The Labute approximate surface area is 244 Å². The molecular formula is C32H40F2N6O2. The molecule has 8 nitrogen and oxygen atoms in total. The second-order valence-corrected chi connectivity index (χ2v) is 13.3. The topological polar surface area (TPSA) is 109 Å². The van der Waals surface area contributed by atoms with Gasteiger partial charge in [-0.1, -0.05) is 6.07 Å². The lowest BCUT2D eigenvalue weighted by Gasteiger charge is -2.51. The van der Waals surface area contributed by atoms with Gasteiger partial charge in [-0.2, -0.15) is 5.10 Å². The molecule has 8 rings (SSSR count). The molecule has 0 atom stereocenters. The van der Waals surface area contributed by atoms with Gasteiger partial charge in [0.05, 0.1) is 28.9 Å². The molecule has 1 saturated heterocycles. The number of hydrogen-bond donors (Lipinski definition) is 3. The maximum absolute atomic E-state index is 13.6. The van der Waals surface area contributed by atoms with Gasteiger partial charge >= 0.3 is 0 Å². The van der Waals surface area contributed by atoms with E-state index in [1.54, 1.807) is 6.20 Å². The molecule has 1 aliphatic heterocycles. The fourth-order valence-corrected chi connectivity index (χ4v) is 7.89. The lowest BCUT2D eigenvalue weighted by Crippen LogP contribution is -2.58. The van der Waals surface area contributed by atoms with Gasteiger partial charge in [0.15, 0.2) is 0 Å². The largest absolute Gasteiger partial charge is 0.390 e. The van der Waals surface area contributed by atoms with E-state index in [2.05, 4.69) is 32.0 Å². The lowest BCUT2D eigenvalue weighted by atomic mass is 9.63. The minimum atomic E-state index is -2.49. The molecule has 10 heteroatoms. The van der Waals surface area contributed by atoms with Crippen LogP contribution in [0.4, 0.5) is 14.6 Å². The Hall–Kier alpha value is -3.11. The van der Waals surface area contributed by atoms with Crippen LogP contribution in [0.25, 0.3) is 22.0 Å². The van der Waals surface area contributed by atoms with Crippen LogP contribution in [0.3, 0.4) is 0 Å². The van der Waals surface area contributed by atoms with E-state index >= 15 is 0 Å². The summed E-state index contributed by atoms with van der Waals surface area (Å²) in [7, 11) is 0. The number of anilines is 1. The first-order chi connectivity index (χ1) is 20.1. The molecule has 0 radical (unpaired) electrons. The highest BCUT2D eigenvalue weighted by Crippen LogP contribution is 2.47. The highest BCUT2D eigenvalue weighted by molar-refractivity contribution is 6.00. The zero-order valence-electron chi connectivity index (χ0n) is 24.0. The summed E-state index contributed by atoms with van der Waals surface area (Å²) in [5, 5.41) is 19.6. The predicted molar refractivity (Wildman–Crippen MR) is 157 cm³/mol. The number of fused-ring (bicyclic) bond motifs is 4. The molecule has 0 unspecified atom stereocenters. The number of nitrogen functional groups attached to an aromatic ring is 1. The molecule has 4 N–H and O–H groups in total. The van der Waals surface area contributed by atoms with Gasteiger partial charge in [-0.25, -0.2) is 13.8 Å². The zero-order valence-corrected chi connectivity index (χ0v) is 24.0. The van der Waals surface area contributed by atoms with Crippen LogP contribution in [0.1, 0.15) is 93.4 Å². The van der Waals surface area contributed by atoms with E-state index in [1.807, 2.05) is 18.3 Å². The number of hydrogen-bond acceptors (Lipinski definition) is 6. The number of benzene rings is 1. The van der Waals surface area contributed by atoms with Crippen molar-refractivity contribution in [2.24, 2.45) is 0 Å². The first-order valence-corrected chi connectivity index (χ1v) is 15.5. The van der Waals surface area contributed by atoms with Crippen LogP contribution in [0.2, 0.25) is 0 Å². The standard InChI is InChI=1S/C32H40F2N6O2/c33-32(34)7-3-24(4-8-32)39-15-5-25(6-16-39)40-27-2-1-21(17-23(27)20-37-40)22-18-26(28(35)36-19-22)29(41)38-30-9-12-31(42,13-10-30)14-11-30/h1-2,17-20,24-25,42H,3-16H2,(H2,35,36)(H,38,41). The number of pyridine rings is 1. The number of piperidine rings is 1. The number of alkyl halides is 2. The van der Waals surface area contributed by atoms with Gasteiger partial charge in [-0.05, 0) is 88.0 Å². The summed E-state index contributed by atoms with van der Waals surface area (Å²) in [4.78, 5) is 20.1. The van der Waals surface area contributed by atoms with Crippen molar-refractivity contribution in [1.82, 2.24) is 25.0 Å². The van der Waals surface area contributed by atoms with Crippen molar-refractivity contribution >= 4 is 22.6 Å². The van der Waals surface area contributed by atoms with Gasteiger partial charge in [-0.15, -0.1) is 0 Å². The van der Waals surface area contributed by atoms with Gasteiger partial charge in [0, 0.05) is 54.7 Å². The average molecular weight is 579 g/mol. The van der Waals surface area contributed by atoms with E-state index in [1.165, 1.54) is 0 Å². The van der Waals surface area contributed by atoms with E-state index in [0.717, 1.165) is 86.5 Å². The molecular weight excluding hydrogens is 538 g/mol. The summed E-state index contributed by atoms with van der Waals surface area (Å²) in [6.07, 6.45) is 11.2. The van der Waals surface area contributed by atoms with E-state index in [0.29, 0.717) is 18.4 Å². The van der Waals surface area contributed by atoms with E-state index in [9.17, 15) is 18.7 Å². The van der Waals surface area contributed by atoms with Crippen molar-refractivity contribution in [3.8, 4) is 11.1 Å². The molecule has 0 spiro atoms. The smallest absolute Gasteiger partial charge is 0.255 e. The molecule has 2 aromatic heterocycles. The highest BCUT2D eigenvalue weighted by atomic mass is 19.3. The summed E-state index contributed by atoms with van der Waals surface area (Å²) < 4.78 is 29.3. The quantitative estimate of drug-likeness (QED) is 0.371. The Morgan fingerprint density at radius 3 is 2.29 bits per heavy atom. The highest BCUT2D eigenvalue weighted by Gasteiger charge is 2.48. The Bertz CT molecular complexity index is 1460. The number of carbonyl (C=O) groups excluding carboxylic acids is 1. The van der Waals surface area contributed by atoms with Gasteiger partial charge in [-0.3, -0.25) is 9.48 Å². The maximum Gasteiger partial charge on any atom is 0.255 e. The number of nitrogens with two attached hydrogens (primary N) is 1. The minimum Gasteiger partial charge on any atom is -0.390 e. The third-order valence-corrected chi connectivity index (χ3v) is 10.7. The molecule has 3 heterocycles. The fourth-order valence-electron chi connectivity index (χ4n) is 7.89. The molecule has 1 amide bonds. The summed E-state index contributed by atoms with van der Waals surface area (Å²) in [5.41, 5.74) is 8.52. The SMILES string of the molecule is Nc1ncc(-c2ccc3c(cnn3C3CCN(C4CCC(F)(F)CC4)CC3)c2)cc1C(=O)NC12CCC(O)(CC1)CC2. The number of carbonyl (C=O) groups is 1. The zero-order chi connectivity index (χ0) is 29.1. The second-order valence-electron chi connectivity index (χ2n) is 13.3. The van der Waals surface area contributed by atoms with E-state index < -0.39 is 11.5 Å². The normalized spacial score (nSPS) is 28.7. The van der Waals surface area contributed by atoms with Crippen LogP contribution in [0.5, 0.6) is 0 Å². The van der Waals surface area contributed by atoms with Crippen LogP contribution < -0.4 is 11.1 Å². The van der Waals surface area contributed by atoms with Crippen LogP contribution in [-0.4, -0.2) is 66.9 Å². The van der Waals surface area contributed by atoms with Crippen molar-refractivity contribution < 1.29 is 18.7 Å². The third kappa shape index (κ3) is 5.17. The third-order valence-electron chi connectivity index (χ3n) is 10.7. The number of nitrogens with one attached hydrogen (secondary N) is 1. The second kappa shape index (κ2) is 10.3. The van der Waals surface area contributed by atoms with E-state index in [-0.39, 0.29) is 42.2 Å². The average Bonchev–Trinajstić information content (AvgIpc) is 3.42. The molecule has 4 saturated carbocycles. The summed E-state index contributed by atoms with van der Waals surface area (Å²) >= 11 is 0. The number of aromatic nitrogens is 3. The van der Waals surface area contributed by atoms with E-state index in [4.69, 9.17) is 10.8 Å². The summed E-state index contributed by atoms with van der Waals surface area (Å²) in [5.74, 6) is -2.49. The molecule has 42 heavy (non-hydrogen) atoms. The maximum atomic E-state index is 13.6. The Balaban J connectivity index is 1.04. The Morgan fingerprint density at radius 2 is 1.60 bits per heavy atom.